The maximum Gasteiger partial charge on any atom is 0.198 e. The van der Waals surface area contributed by atoms with Crippen molar-refractivity contribution in [3.05, 3.63) is 35.6 Å². The van der Waals surface area contributed by atoms with Crippen LogP contribution < -0.4 is 0 Å². The zero-order valence-electron chi connectivity index (χ0n) is 8.55. The van der Waals surface area contributed by atoms with Gasteiger partial charge in [-0.25, -0.2) is 0 Å². The van der Waals surface area contributed by atoms with Gasteiger partial charge in [0.1, 0.15) is 5.75 Å². The summed E-state index contributed by atoms with van der Waals surface area (Å²) < 4.78 is 0. The Hall–Kier alpha value is -1.81. The molecule has 0 saturated carbocycles. The maximum absolute atomic E-state index is 11.3. The minimum atomic E-state index is -0.350. The lowest BCUT2D eigenvalue weighted by molar-refractivity contribution is -0.117. The van der Waals surface area contributed by atoms with Crippen molar-refractivity contribution in [3.8, 4) is 5.75 Å². The van der Waals surface area contributed by atoms with Crippen LogP contribution in [0.2, 0.25) is 0 Å². The molecule has 0 bridgehead atoms. The molecule has 1 unspecified atom stereocenters. The minimum Gasteiger partial charge on any atom is -0.508 e. The Kier molecular flexibility index (Phi) is 2.66. The van der Waals surface area contributed by atoms with E-state index < -0.39 is 0 Å². The monoisotopic (exact) mass is 220 g/mol. The van der Waals surface area contributed by atoms with E-state index in [1.165, 1.54) is 12.1 Å². The molecule has 1 aromatic rings. The first-order chi connectivity index (χ1) is 7.63. The largest absolute Gasteiger partial charge is 0.508 e. The summed E-state index contributed by atoms with van der Waals surface area (Å²) in [7, 11) is 0. The van der Waals surface area contributed by atoms with Crippen LogP contribution in [0.4, 0.5) is 0 Å². The van der Waals surface area contributed by atoms with Crippen LogP contribution >= 0.6 is 0 Å². The highest BCUT2D eigenvalue weighted by atomic mass is 16.3. The molecule has 1 atom stereocenters. The molecule has 0 fully saturated rings. The number of hydrogen-bond acceptors (Lipinski definition) is 4. The van der Waals surface area contributed by atoms with E-state index in [4.69, 9.17) is 10.2 Å². The normalized spacial score (nSPS) is 20.6. The van der Waals surface area contributed by atoms with Crippen molar-refractivity contribution < 1.29 is 20.1 Å². The number of carbonyl (C=O) groups excluding carboxylic acids is 1. The number of aromatic hydroxyl groups is 1. The molecule has 4 heteroatoms. The molecule has 16 heavy (non-hydrogen) atoms. The number of ketones is 1. The number of carbonyl (C=O) groups is 1. The van der Waals surface area contributed by atoms with Gasteiger partial charge in [-0.3, -0.25) is 4.79 Å². The summed E-state index contributed by atoms with van der Waals surface area (Å²) in [6.45, 7) is -0.175. The van der Waals surface area contributed by atoms with E-state index in [1.54, 1.807) is 12.1 Å². The van der Waals surface area contributed by atoms with Gasteiger partial charge in [-0.1, -0.05) is 12.1 Å². The van der Waals surface area contributed by atoms with Crippen molar-refractivity contribution in [2.45, 2.75) is 6.42 Å². The first-order valence-electron chi connectivity index (χ1n) is 5.00. The average molecular weight is 220 g/mol. The van der Waals surface area contributed by atoms with Crippen LogP contribution in [0, 0.1) is 5.92 Å². The summed E-state index contributed by atoms with van der Waals surface area (Å²) in [5, 5.41) is 27.9. The second-order valence-electron chi connectivity index (χ2n) is 3.82. The molecule has 1 aromatic carbocycles. The molecule has 1 aliphatic rings. The Morgan fingerprint density at radius 2 is 1.81 bits per heavy atom. The van der Waals surface area contributed by atoms with Crippen molar-refractivity contribution in [1.29, 1.82) is 0 Å². The van der Waals surface area contributed by atoms with E-state index in [2.05, 4.69) is 0 Å². The molecule has 0 amide bonds. The fourth-order valence-corrected chi connectivity index (χ4v) is 1.94. The average Bonchev–Trinajstić information content (AvgIpc) is 2.57. The number of allylic oxidation sites excluding steroid dienone is 1. The third-order valence-corrected chi connectivity index (χ3v) is 2.76. The van der Waals surface area contributed by atoms with E-state index in [9.17, 15) is 9.90 Å². The number of hydrogen-bond donors (Lipinski definition) is 3. The molecule has 1 aliphatic carbocycles. The van der Waals surface area contributed by atoms with Crippen LogP contribution in [0.1, 0.15) is 12.0 Å². The zero-order chi connectivity index (χ0) is 11.7. The van der Waals surface area contributed by atoms with Crippen LogP contribution in [-0.2, 0) is 4.79 Å². The van der Waals surface area contributed by atoms with Crippen molar-refractivity contribution in [3.63, 3.8) is 0 Å². The molecule has 0 radical (unpaired) electrons. The van der Waals surface area contributed by atoms with Gasteiger partial charge in [0.05, 0.1) is 6.61 Å². The summed E-state index contributed by atoms with van der Waals surface area (Å²) in [6, 6.07) is 6.18. The molecule has 2 rings (SSSR count). The Labute approximate surface area is 92.5 Å². The van der Waals surface area contributed by atoms with Gasteiger partial charge in [0.15, 0.2) is 11.5 Å². The van der Waals surface area contributed by atoms with Gasteiger partial charge in [0.2, 0.25) is 0 Å². The van der Waals surface area contributed by atoms with Gasteiger partial charge >= 0.3 is 0 Å². The smallest absolute Gasteiger partial charge is 0.198 e. The molecule has 0 aromatic heterocycles. The van der Waals surface area contributed by atoms with Gasteiger partial charge < -0.3 is 15.3 Å². The molecule has 0 heterocycles. The first-order valence-corrected chi connectivity index (χ1v) is 5.00. The lowest BCUT2D eigenvalue weighted by Crippen LogP contribution is -2.05. The van der Waals surface area contributed by atoms with Crippen molar-refractivity contribution in [2.24, 2.45) is 5.92 Å². The van der Waals surface area contributed by atoms with E-state index in [0.717, 1.165) is 0 Å². The van der Waals surface area contributed by atoms with Crippen molar-refractivity contribution >= 4 is 11.4 Å². The lowest BCUT2D eigenvalue weighted by Gasteiger charge is -2.10. The van der Waals surface area contributed by atoms with Crippen LogP contribution in [0.15, 0.2) is 30.0 Å². The number of phenols is 1. The standard InChI is InChI=1S/C12H12O4/c13-6-8-5-10(15)12(16)11(8)7-1-3-9(14)4-2-7/h1-4,8,13-14,16H,5-6H2. The van der Waals surface area contributed by atoms with E-state index in [1.807, 2.05) is 0 Å². The Morgan fingerprint density at radius 3 is 2.38 bits per heavy atom. The molecule has 3 N–H and O–H groups in total. The van der Waals surface area contributed by atoms with E-state index in [-0.39, 0.29) is 36.2 Å². The van der Waals surface area contributed by atoms with Crippen LogP contribution in [0.5, 0.6) is 5.75 Å². The lowest BCUT2D eigenvalue weighted by atomic mass is 9.95. The van der Waals surface area contributed by atoms with Gasteiger partial charge in [-0.15, -0.1) is 0 Å². The third kappa shape index (κ3) is 1.67. The predicted molar refractivity (Wildman–Crippen MR) is 57.9 cm³/mol. The van der Waals surface area contributed by atoms with E-state index in [0.29, 0.717) is 11.1 Å². The number of rotatable bonds is 2. The zero-order valence-corrected chi connectivity index (χ0v) is 8.55. The second-order valence-corrected chi connectivity index (χ2v) is 3.82. The third-order valence-electron chi connectivity index (χ3n) is 2.76. The number of aliphatic hydroxyl groups excluding tert-OH is 2. The number of Topliss-reactive ketones (excluding diaryl/α,β-unsaturated/α-hetero) is 1. The van der Waals surface area contributed by atoms with Crippen LogP contribution in [-0.4, -0.2) is 27.7 Å². The van der Waals surface area contributed by atoms with Crippen LogP contribution in [0.25, 0.3) is 5.57 Å². The summed E-state index contributed by atoms with van der Waals surface area (Å²) in [6.07, 6.45) is 0.137. The highest BCUT2D eigenvalue weighted by molar-refractivity contribution is 6.05. The fraction of sp³-hybridized carbons (Fsp3) is 0.250. The Bertz CT molecular complexity index is 445. The summed E-state index contributed by atoms with van der Waals surface area (Å²) in [4.78, 5) is 11.3. The van der Waals surface area contributed by atoms with Crippen LogP contribution in [0.3, 0.4) is 0 Å². The van der Waals surface area contributed by atoms with Gasteiger partial charge in [0.25, 0.3) is 0 Å². The summed E-state index contributed by atoms with van der Waals surface area (Å²) in [5.74, 6) is -0.849. The molecule has 0 aliphatic heterocycles. The predicted octanol–water partition coefficient (Wildman–Crippen LogP) is 1.24. The molecular formula is C12H12O4. The van der Waals surface area contributed by atoms with Gasteiger partial charge in [0, 0.05) is 17.9 Å². The van der Waals surface area contributed by atoms with E-state index >= 15 is 0 Å². The fourth-order valence-electron chi connectivity index (χ4n) is 1.94. The number of phenolic OH excluding ortho intramolecular Hbond substituents is 1. The van der Waals surface area contributed by atoms with Crippen molar-refractivity contribution in [2.75, 3.05) is 6.61 Å². The van der Waals surface area contributed by atoms with Crippen molar-refractivity contribution in [1.82, 2.24) is 0 Å². The Balaban J connectivity index is 2.45. The topological polar surface area (TPSA) is 77.8 Å². The molecule has 0 saturated heterocycles. The number of benzene rings is 1. The molecule has 4 nitrogen and oxygen atoms in total. The van der Waals surface area contributed by atoms with Gasteiger partial charge in [-0.05, 0) is 17.7 Å². The molecule has 0 spiro atoms. The molecular weight excluding hydrogens is 208 g/mol. The highest BCUT2D eigenvalue weighted by Crippen LogP contribution is 2.35. The molecule has 84 valence electrons. The second kappa shape index (κ2) is 3.98. The summed E-state index contributed by atoms with van der Waals surface area (Å²) >= 11 is 0. The summed E-state index contributed by atoms with van der Waals surface area (Å²) in [5.41, 5.74) is 1.12. The quantitative estimate of drug-likeness (QED) is 0.700. The minimum absolute atomic E-state index is 0.119. The highest BCUT2D eigenvalue weighted by Gasteiger charge is 2.32. The Morgan fingerprint density at radius 1 is 1.19 bits per heavy atom. The first kappa shape index (κ1) is 10.7. The maximum atomic E-state index is 11.3. The van der Waals surface area contributed by atoms with Gasteiger partial charge in [-0.2, -0.15) is 0 Å². The SMILES string of the molecule is O=C1CC(CO)C(c2ccc(O)cc2)=C1O. The number of aliphatic hydroxyl groups is 2.